The molecule has 0 aliphatic rings. The number of likely N-dealkylation sites (N-methyl/N-ethyl adjacent to an activating group) is 1. The molecule has 0 radical (unpaired) electrons. The van der Waals surface area contributed by atoms with Crippen LogP contribution in [0.15, 0.2) is 24.3 Å². The van der Waals surface area contributed by atoms with E-state index in [0.717, 1.165) is 11.1 Å². The predicted molar refractivity (Wildman–Crippen MR) is 80.9 cm³/mol. The van der Waals surface area contributed by atoms with E-state index in [-0.39, 0.29) is 24.8 Å². The molecule has 1 amide bonds. The fraction of sp³-hybridized carbons (Fsp3) is 0.500. The molecule has 110 valence electrons. The Morgan fingerprint density at radius 1 is 1.20 bits per heavy atom. The molecule has 1 aromatic carbocycles. The summed E-state index contributed by atoms with van der Waals surface area (Å²) in [6.07, 6.45) is 0. The van der Waals surface area contributed by atoms with Crippen LogP contribution in [0.1, 0.15) is 29.8 Å². The number of amides is 1. The first-order chi connectivity index (χ1) is 9.40. The van der Waals surface area contributed by atoms with Gasteiger partial charge in [0.15, 0.2) is 5.78 Å². The number of ketones is 1. The molecule has 1 N–H and O–H groups in total. The van der Waals surface area contributed by atoms with E-state index in [1.807, 2.05) is 45.0 Å². The lowest BCUT2D eigenvalue weighted by Gasteiger charge is -2.16. The smallest absolute Gasteiger partial charge is 0.234 e. The van der Waals surface area contributed by atoms with E-state index >= 15 is 0 Å². The minimum Gasteiger partial charge on any atom is -0.355 e. The van der Waals surface area contributed by atoms with Crippen molar-refractivity contribution < 1.29 is 9.59 Å². The summed E-state index contributed by atoms with van der Waals surface area (Å²) in [7, 11) is 1.78. The number of rotatable bonds is 7. The Hall–Kier alpha value is -1.68. The average Bonchev–Trinajstić information content (AvgIpc) is 2.36. The number of hydrogen-bond acceptors (Lipinski definition) is 3. The first kappa shape index (κ1) is 16.4. The van der Waals surface area contributed by atoms with Crippen LogP contribution in [0, 0.1) is 12.8 Å². The molecule has 1 aromatic rings. The molecular weight excluding hydrogens is 252 g/mol. The van der Waals surface area contributed by atoms with Crippen molar-refractivity contribution >= 4 is 11.7 Å². The Kier molecular flexibility index (Phi) is 6.39. The lowest BCUT2D eigenvalue weighted by molar-refractivity contribution is -0.121. The molecular formula is C16H24N2O2. The van der Waals surface area contributed by atoms with Gasteiger partial charge in [-0.2, -0.15) is 0 Å². The average molecular weight is 276 g/mol. The summed E-state index contributed by atoms with van der Waals surface area (Å²) in [6, 6.07) is 7.51. The van der Waals surface area contributed by atoms with Gasteiger partial charge in [0.2, 0.25) is 5.91 Å². The zero-order valence-corrected chi connectivity index (χ0v) is 12.8. The fourth-order valence-corrected chi connectivity index (χ4v) is 1.89. The normalized spacial score (nSPS) is 10.9. The number of aryl methyl sites for hydroxylation is 1. The summed E-state index contributed by atoms with van der Waals surface area (Å²) in [6.45, 7) is 7.17. The Labute approximate surface area is 121 Å². The molecule has 4 nitrogen and oxygen atoms in total. The van der Waals surface area contributed by atoms with Crippen LogP contribution in [0.25, 0.3) is 0 Å². The topological polar surface area (TPSA) is 49.4 Å². The lowest BCUT2D eigenvalue weighted by atomic mass is 10.0. The van der Waals surface area contributed by atoms with Crippen molar-refractivity contribution in [2.24, 2.45) is 5.92 Å². The predicted octanol–water partition coefficient (Wildman–Crippen LogP) is 1.88. The van der Waals surface area contributed by atoms with Crippen molar-refractivity contribution in [3.63, 3.8) is 0 Å². The maximum atomic E-state index is 12.2. The monoisotopic (exact) mass is 276 g/mol. The van der Waals surface area contributed by atoms with Gasteiger partial charge in [-0.25, -0.2) is 0 Å². The van der Waals surface area contributed by atoms with Crippen molar-refractivity contribution in [3.8, 4) is 0 Å². The SMILES string of the molecule is Cc1ccccc1C(=O)CN(C)CC(=O)NCC(C)C. The van der Waals surface area contributed by atoms with Gasteiger partial charge < -0.3 is 5.32 Å². The minimum absolute atomic E-state index is 0.0428. The van der Waals surface area contributed by atoms with Crippen LogP contribution in [0.2, 0.25) is 0 Å². The number of nitrogens with zero attached hydrogens (tertiary/aromatic N) is 1. The van der Waals surface area contributed by atoms with Crippen LogP contribution in [0.5, 0.6) is 0 Å². The Morgan fingerprint density at radius 2 is 1.85 bits per heavy atom. The van der Waals surface area contributed by atoms with Crippen molar-refractivity contribution in [2.45, 2.75) is 20.8 Å². The second-order valence-corrected chi connectivity index (χ2v) is 5.61. The standard InChI is InChI=1S/C16H24N2O2/c1-12(2)9-17-16(20)11-18(4)10-15(19)14-8-6-5-7-13(14)3/h5-8,12H,9-11H2,1-4H3,(H,17,20). The molecule has 1 rings (SSSR count). The molecule has 4 heteroatoms. The van der Waals surface area contributed by atoms with Gasteiger partial charge in [0.1, 0.15) is 0 Å². The van der Waals surface area contributed by atoms with Crippen molar-refractivity contribution in [1.29, 1.82) is 0 Å². The van der Waals surface area contributed by atoms with Crippen molar-refractivity contribution in [3.05, 3.63) is 35.4 Å². The minimum atomic E-state index is -0.0428. The van der Waals surface area contributed by atoms with E-state index in [1.54, 1.807) is 11.9 Å². The van der Waals surface area contributed by atoms with E-state index in [0.29, 0.717) is 12.5 Å². The molecule has 0 bridgehead atoms. The summed E-state index contributed by atoms with van der Waals surface area (Å²) >= 11 is 0. The summed E-state index contributed by atoms with van der Waals surface area (Å²) in [5, 5.41) is 2.85. The molecule has 0 spiro atoms. The molecule has 0 saturated heterocycles. The van der Waals surface area contributed by atoms with E-state index in [4.69, 9.17) is 0 Å². The molecule has 0 fully saturated rings. The van der Waals surface area contributed by atoms with Gasteiger partial charge in [-0.05, 0) is 25.5 Å². The summed E-state index contributed by atoms with van der Waals surface area (Å²) < 4.78 is 0. The molecule has 0 aliphatic carbocycles. The van der Waals surface area contributed by atoms with Crippen LogP contribution in [0.4, 0.5) is 0 Å². The lowest BCUT2D eigenvalue weighted by Crippen LogP contribution is -2.38. The molecule has 0 unspecified atom stereocenters. The molecule has 0 aromatic heterocycles. The summed E-state index contributed by atoms with van der Waals surface area (Å²) in [5.41, 5.74) is 1.69. The van der Waals surface area contributed by atoms with Gasteiger partial charge in [-0.15, -0.1) is 0 Å². The first-order valence-corrected chi connectivity index (χ1v) is 6.94. The number of carbonyl (C=O) groups excluding carboxylic acids is 2. The number of benzene rings is 1. The molecule has 0 heterocycles. The summed E-state index contributed by atoms with van der Waals surface area (Å²) in [4.78, 5) is 25.6. The zero-order chi connectivity index (χ0) is 15.1. The van der Waals surface area contributed by atoms with E-state index in [9.17, 15) is 9.59 Å². The zero-order valence-electron chi connectivity index (χ0n) is 12.8. The number of carbonyl (C=O) groups is 2. The van der Waals surface area contributed by atoms with E-state index in [2.05, 4.69) is 5.32 Å². The van der Waals surface area contributed by atoms with Gasteiger partial charge in [-0.3, -0.25) is 14.5 Å². The Balaban J connectivity index is 2.46. The number of hydrogen-bond donors (Lipinski definition) is 1. The highest BCUT2D eigenvalue weighted by Crippen LogP contribution is 2.08. The molecule has 0 aliphatic heterocycles. The molecule has 0 saturated carbocycles. The highest BCUT2D eigenvalue weighted by molar-refractivity contribution is 5.99. The second kappa shape index (κ2) is 7.80. The van der Waals surface area contributed by atoms with Gasteiger partial charge in [0, 0.05) is 12.1 Å². The quantitative estimate of drug-likeness (QED) is 0.774. The third kappa shape index (κ3) is 5.53. The second-order valence-electron chi connectivity index (χ2n) is 5.61. The van der Waals surface area contributed by atoms with Crippen LogP contribution in [-0.2, 0) is 4.79 Å². The third-order valence-corrected chi connectivity index (χ3v) is 2.98. The number of nitrogens with one attached hydrogen (secondary N) is 1. The van der Waals surface area contributed by atoms with Crippen LogP contribution < -0.4 is 5.32 Å². The largest absolute Gasteiger partial charge is 0.355 e. The third-order valence-electron chi connectivity index (χ3n) is 2.98. The van der Waals surface area contributed by atoms with Gasteiger partial charge in [-0.1, -0.05) is 38.1 Å². The van der Waals surface area contributed by atoms with Gasteiger partial charge in [0.25, 0.3) is 0 Å². The number of Topliss-reactive ketones (excluding diaryl/α,β-unsaturated/α-hetero) is 1. The molecule has 20 heavy (non-hydrogen) atoms. The van der Waals surface area contributed by atoms with E-state index < -0.39 is 0 Å². The fourth-order valence-electron chi connectivity index (χ4n) is 1.89. The maximum Gasteiger partial charge on any atom is 0.234 e. The highest BCUT2D eigenvalue weighted by Gasteiger charge is 2.13. The Bertz CT molecular complexity index is 469. The van der Waals surface area contributed by atoms with Crippen molar-refractivity contribution in [1.82, 2.24) is 10.2 Å². The van der Waals surface area contributed by atoms with E-state index in [1.165, 1.54) is 0 Å². The van der Waals surface area contributed by atoms with Gasteiger partial charge >= 0.3 is 0 Å². The van der Waals surface area contributed by atoms with Crippen molar-refractivity contribution in [2.75, 3.05) is 26.7 Å². The maximum absolute atomic E-state index is 12.2. The highest BCUT2D eigenvalue weighted by atomic mass is 16.2. The summed E-state index contributed by atoms with van der Waals surface area (Å²) in [5.74, 6) is 0.430. The molecule has 0 atom stereocenters. The van der Waals surface area contributed by atoms with Crippen LogP contribution >= 0.6 is 0 Å². The van der Waals surface area contributed by atoms with Crippen LogP contribution in [-0.4, -0.2) is 43.3 Å². The Morgan fingerprint density at radius 3 is 2.45 bits per heavy atom. The van der Waals surface area contributed by atoms with Crippen LogP contribution in [0.3, 0.4) is 0 Å². The van der Waals surface area contributed by atoms with Gasteiger partial charge in [0.05, 0.1) is 13.1 Å². The first-order valence-electron chi connectivity index (χ1n) is 6.94.